The Kier molecular flexibility index (Phi) is 5.05. The number of hydrogen-bond donors (Lipinski definition) is 0. The van der Waals surface area contributed by atoms with Gasteiger partial charge in [-0.3, -0.25) is 4.79 Å². The Balaban J connectivity index is 1.87. The molecule has 1 fully saturated rings. The number of likely N-dealkylation sites (N-methyl/N-ethyl adjacent to an activating group) is 1. The second kappa shape index (κ2) is 6.59. The molecule has 0 spiro atoms. The molecule has 0 saturated carbocycles. The molecule has 1 saturated heterocycles. The summed E-state index contributed by atoms with van der Waals surface area (Å²) in [5, 5.41) is 0.609. The number of rotatable bonds is 4. The minimum atomic E-state index is 0.218. The van der Waals surface area contributed by atoms with Crippen molar-refractivity contribution >= 4 is 17.5 Å². The first-order valence-electron chi connectivity index (χ1n) is 7.09. The van der Waals surface area contributed by atoms with Gasteiger partial charge >= 0.3 is 0 Å². The Morgan fingerprint density at radius 2 is 2.30 bits per heavy atom. The number of aryl methyl sites for hydroxylation is 1. The number of carbonyl (C=O) groups excluding carboxylic acids is 1. The van der Waals surface area contributed by atoms with Crippen LogP contribution in [0.25, 0.3) is 0 Å². The lowest BCUT2D eigenvalue weighted by Gasteiger charge is -2.36. The van der Waals surface area contributed by atoms with Gasteiger partial charge in [-0.05, 0) is 26.9 Å². The first-order chi connectivity index (χ1) is 9.49. The smallest absolute Gasteiger partial charge is 0.223 e. The maximum Gasteiger partial charge on any atom is 0.223 e. The van der Waals surface area contributed by atoms with Crippen LogP contribution in [-0.2, 0) is 18.3 Å². The van der Waals surface area contributed by atoms with Crippen molar-refractivity contribution in [1.82, 2.24) is 19.4 Å². The molecule has 20 heavy (non-hydrogen) atoms. The molecule has 1 amide bonds. The SMILES string of the molecule is CN(C)[C@H]1CCCN(C(=O)CCc2ncc(Cl)n2C)C1. The fourth-order valence-corrected chi connectivity index (χ4v) is 2.78. The van der Waals surface area contributed by atoms with Crippen molar-refractivity contribution in [3.8, 4) is 0 Å². The van der Waals surface area contributed by atoms with E-state index in [-0.39, 0.29) is 5.91 Å². The number of likely N-dealkylation sites (tertiary alicyclic amines) is 1. The number of nitrogens with zero attached hydrogens (tertiary/aromatic N) is 4. The average Bonchev–Trinajstić information content (AvgIpc) is 2.76. The van der Waals surface area contributed by atoms with Gasteiger partial charge in [0.2, 0.25) is 5.91 Å². The quantitative estimate of drug-likeness (QED) is 0.847. The summed E-state index contributed by atoms with van der Waals surface area (Å²) >= 11 is 5.95. The standard InChI is InChI=1S/C14H23ClN4O/c1-17(2)11-5-4-8-19(10-11)14(20)7-6-13-16-9-12(15)18(13)3/h9,11H,4-8,10H2,1-3H3/t11-/m0/s1. The van der Waals surface area contributed by atoms with Crippen molar-refractivity contribution in [2.75, 3.05) is 27.2 Å². The van der Waals surface area contributed by atoms with Crippen molar-refractivity contribution in [2.45, 2.75) is 31.7 Å². The predicted octanol–water partition coefficient (Wildman–Crippen LogP) is 1.56. The van der Waals surface area contributed by atoms with Crippen molar-refractivity contribution in [2.24, 2.45) is 7.05 Å². The number of imidazole rings is 1. The Hall–Kier alpha value is -1.07. The van der Waals surface area contributed by atoms with Gasteiger partial charge in [-0.1, -0.05) is 11.6 Å². The molecule has 1 aromatic rings. The van der Waals surface area contributed by atoms with Crippen LogP contribution in [0.1, 0.15) is 25.1 Å². The fourth-order valence-electron chi connectivity index (χ4n) is 2.64. The van der Waals surface area contributed by atoms with E-state index in [1.54, 1.807) is 6.20 Å². The second-order valence-electron chi connectivity index (χ2n) is 5.66. The van der Waals surface area contributed by atoms with E-state index in [0.29, 0.717) is 24.0 Å². The summed E-state index contributed by atoms with van der Waals surface area (Å²) in [6, 6.07) is 0.482. The molecule has 6 heteroatoms. The van der Waals surface area contributed by atoms with Crippen molar-refractivity contribution in [1.29, 1.82) is 0 Å². The molecule has 112 valence electrons. The third kappa shape index (κ3) is 3.52. The zero-order valence-electron chi connectivity index (χ0n) is 12.5. The van der Waals surface area contributed by atoms with Crippen LogP contribution in [0.4, 0.5) is 0 Å². The number of carbonyl (C=O) groups is 1. The second-order valence-corrected chi connectivity index (χ2v) is 6.04. The largest absolute Gasteiger partial charge is 0.341 e. The Labute approximate surface area is 125 Å². The highest BCUT2D eigenvalue weighted by Gasteiger charge is 2.24. The third-order valence-corrected chi connectivity index (χ3v) is 4.42. The molecule has 2 rings (SSSR count). The van der Waals surface area contributed by atoms with Gasteiger partial charge in [0, 0.05) is 39.0 Å². The summed E-state index contributed by atoms with van der Waals surface area (Å²) in [4.78, 5) is 20.7. The molecule has 0 N–H and O–H groups in total. The van der Waals surface area contributed by atoms with Gasteiger partial charge < -0.3 is 14.4 Å². The first-order valence-corrected chi connectivity index (χ1v) is 7.47. The maximum absolute atomic E-state index is 12.3. The highest BCUT2D eigenvalue weighted by atomic mass is 35.5. The molecular formula is C14H23ClN4O. The van der Waals surface area contributed by atoms with Gasteiger partial charge in [0.05, 0.1) is 6.20 Å². The van der Waals surface area contributed by atoms with Crippen LogP contribution in [0, 0.1) is 0 Å². The molecule has 1 aliphatic heterocycles. The van der Waals surface area contributed by atoms with Crippen molar-refractivity contribution in [3.05, 3.63) is 17.2 Å². The highest BCUT2D eigenvalue weighted by molar-refractivity contribution is 6.29. The van der Waals surface area contributed by atoms with E-state index in [4.69, 9.17) is 11.6 Å². The maximum atomic E-state index is 12.3. The molecule has 0 bridgehead atoms. The molecule has 1 atom stereocenters. The minimum Gasteiger partial charge on any atom is -0.341 e. The summed E-state index contributed by atoms with van der Waals surface area (Å²) < 4.78 is 1.83. The Bertz CT molecular complexity index is 472. The van der Waals surface area contributed by atoms with Gasteiger partial charge in [-0.2, -0.15) is 0 Å². The van der Waals surface area contributed by atoms with Crippen LogP contribution in [0.15, 0.2) is 6.20 Å². The van der Waals surface area contributed by atoms with E-state index in [1.807, 2.05) is 16.5 Å². The van der Waals surface area contributed by atoms with Crippen LogP contribution in [0.2, 0.25) is 5.15 Å². The number of amides is 1. The third-order valence-electron chi connectivity index (χ3n) is 4.07. The summed E-state index contributed by atoms with van der Waals surface area (Å²) in [5.41, 5.74) is 0. The zero-order chi connectivity index (χ0) is 14.7. The first kappa shape index (κ1) is 15.3. The molecule has 2 heterocycles. The van der Waals surface area contributed by atoms with Crippen molar-refractivity contribution in [3.63, 3.8) is 0 Å². The van der Waals surface area contributed by atoms with E-state index < -0.39 is 0 Å². The van der Waals surface area contributed by atoms with E-state index in [1.165, 1.54) is 6.42 Å². The molecule has 0 aliphatic carbocycles. The van der Waals surface area contributed by atoms with Gasteiger partial charge in [-0.15, -0.1) is 0 Å². The van der Waals surface area contributed by atoms with Gasteiger partial charge in [0.1, 0.15) is 11.0 Å². The van der Waals surface area contributed by atoms with Crippen LogP contribution in [-0.4, -0.2) is 58.5 Å². The van der Waals surface area contributed by atoms with Crippen LogP contribution in [0.5, 0.6) is 0 Å². The zero-order valence-corrected chi connectivity index (χ0v) is 13.2. The van der Waals surface area contributed by atoms with E-state index in [9.17, 15) is 4.79 Å². The molecule has 1 aromatic heterocycles. The summed E-state index contributed by atoms with van der Waals surface area (Å²) in [6.45, 7) is 1.72. The average molecular weight is 299 g/mol. The number of hydrogen-bond acceptors (Lipinski definition) is 3. The monoisotopic (exact) mass is 298 g/mol. The van der Waals surface area contributed by atoms with E-state index >= 15 is 0 Å². The minimum absolute atomic E-state index is 0.218. The number of piperidine rings is 1. The summed E-state index contributed by atoms with van der Waals surface area (Å²) in [7, 11) is 6.03. The molecule has 5 nitrogen and oxygen atoms in total. The lowest BCUT2D eigenvalue weighted by Crippen LogP contribution is -2.47. The van der Waals surface area contributed by atoms with Crippen LogP contribution >= 0.6 is 11.6 Å². The fraction of sp³-hybridized carbons (Fsp3) is 0.714. The normalized spacial score (nSPS) is 19.6. The molecule has 1 aliphatic rings. The molecule has 0 unspecified atom stereocenters. The molecule has 0 radical (unpaired) electrons. The van der Waals surface area contributed by atoms with E-state index in [2.05, 4.69) is 24.0 Å². The summed E-state index contributed by atoms with van der Waals surface area (Å²) in [5.74, 6) is 1.08. The van der Waals surface area contributed by atoms with E-state index in [0.717, 1.165) is 25.3 Å². The summed E-state index contributed by atoms with van der Waals surface area (Å²) in [6.07, 6.45) is 5.03. The van der Waals surface area contributed by atoms with Crippen LogP contribution in [0.3, 0.4) is 0 Å². The lowest BCUT2D eigenvalue weighted by molar-refractivity contribution is -0.133. The van der Waals surface area contributed by atoms with Gasteiger partial charge in [0.15, 0.2) is 0 Å². The lowest BCUT2D eigenvalue weighted by atomic mass is 10.0. The van der Waals surface area contributed by atoms with Gasteiger partial charge in [-0.25, -0.2) is 4.98 Å². The number of aromatic nitrogens is 2. The topological polar surface area (TPSA) is 41.4 Å². The highest BCUT2D eigenvalue weighted by Crippen LogP contribution is 2.16. The van der Waals surface area contributed by atoms with Crippen LogP contribution < -0.4 is 0 Å². The number of halogens is 1. The predicted molar refractivity (Wildman–Crippen MR) is 79.8 cm³/mol. The van der Waals surface area contributed by atoms with Crippen molar-refractivity contribution < 1.29 is 4.79 Å². The molecule has 0 aromatic carbocycles. The molecular weight excluding hydrogens is 276 g/mol. The van der Waals surface area contributed by atoms with Gasteiger partial charge in [0.25, 0.3) is 0 Å². The Morgan fingerprint density at radius 1 is 1.55 bits per heavy atom. The Morgan fingerprint density at radius 3 is 2.90 bits per heavy atom.